The SMILES string of the molecule is O=C1c2cccc(CCl)c2CN1c1ccc(C(F)(F)F)cc1. The van der Waals surface area contributed by atoms with Crippen LogP contribution in [0.2, 0.25) is 0 Å². The van der Waals surface area contributed by atoms with Crippen LogP contribution < -0.4 is 4.90 Å². The second-order valence-corrected chi connectivity index (χ2v) is 5.28. The molecule has 0 aliphatic carbocycles. The summed E-state index contributed by atoms with van der Waals surface area (Å²) in [6.45, 7) is 0.322. The van der Waals surface area contributed by atoms with Gasteiger partial charge in [0.15, 0.2) is 0 Å². The molecule has 0 fully saturated rings. The monoisotopic (exact) mass is 325 g/mol. The first-order chi connectivity index (χ1) is 10.4. The lowest BCUT2D eigenvalue weighted by atomic mass is 10.0. The predicted octanol–water partition coefficient (Wildman–Crippen LogP) is 4.60. The fraction of sp³-hybridized carbons (Fsp3) is 0.188. The zero-order valence-electron chi connectivity index (χ0n) is 11.3. The molecule has 114 valence electrons. The number of carbonyl (C=O) groups excluding carboxylic acids is 1. The van der Waals surface area contributed by atoms with E-state index in [2.05, 4.69) is 0 Å². The molecule has 0 radical (unpaired) electrons. The van der Waals surface area contributed by atoms with E-state index in [1.165, 1.54) is 17.0 Å². The predicted molar refractivity (Wildman–Crippen MR) is 78.0 cm³/mol. The number of alkyl halides is 4. The maximum absolute atomic E-state index is 12.6. The molecular weight excluding hydrogens is 315 g/mol. The summed E-state index contributed by atoms with van der Waals surface area (Å²) < 4.78 is 37.8. The summed E-state index contributed by atoms with van der Waals surface area (Å²) in [5.74, 6) is 0.0684. The Labute approximate surface area is 130 Å². The summed E-state index contributed by atoms with van der Waals surface area (Å²) >= 11 is 5.87. The minimum absolute atomic E-state index is 0.221. The Hall–Kier alpha value is -2.01. The standard InChI is InChI=1S/C16H11ClF3NO/c17-8-10-2-1-3-13-14(10)9-21(15(13)22)12-6-4-11(5-7-12)16(18,19)20/h1-7H,8-9H2. The molecule has 1 aliphatic rings. The van der Waals surface area contributed by atoms with Crippen LogP contribution in [-0.4, -0.2) is 5.91 Å². The first kappa shape index (κ1) is 14.9. The molecule has 6 heteroatoms. The van der Waals surface area contributed by atoms with Crippen molar-refractivity contribution in [2.45, 2.75) is 18.6 Å². The highest BCUT2D eigenvalue weighted by Crippen LogP contribution is 2.34. The van der Waals surface area contributed by atoms with E-state index in [0.29, 0.717) is 17.8 Å². The normalized spacial score (nSPS) is 14.4. The Kier molecular flexibility index (Phi) is 3.60. The van der Waals surface area contributed by atoms with E-state index >= 15 is 0 Å². The second kappa shape index (κ2) is 5.32. The second-order valence-electron chi connectivity index (χ2n) is 5.01. The third kappa shape index (κ3) is 2.46. The van der Waals surface area contributed by atoms with Crippen LogP contribution in [0.5, 0.6) is 0 Å². The number of rotatable bonds is 2. The van der Waals surface area contributed by atoms with Crippen LogP contribution in [0.15, 0.2) is 42.5 Å². The van der Waals surface area contributed by atoms with Gasteiger partial charge in [0.05, 0.1) is 12.1 Å². The summed E-state index contributed by atoms with van der Waals surface area (Å²) in [4.78, 5) is 13.9. The number of nitrogens with zero attached hydrogens (tertiary/aromatic N) is 1. The van der Waals surface area contributed by atoms with Crippen molar-refractivity contribution in [3.63, 3.8) is 0 Å². The van der Waals surface area contributed by atoms with Gasteiger partial charge in [0.1, 0.15) is 0 Å². The van der Waals surface area contributed by atoms with E-state index < -0.39 is 11.7 Å². The van der Waals surface area contributed by atoms with Crippen molar-refractivity contribution in [3.05, 3.63) is 64.7 Å². The van der Waals surface area contributed by atoms with Gasteiger partial charge in [-0.3, -0.25) is 4.79 Å². The van der Waals surface area contributed by atoms with Crippen molar-refractivity contribution in [2.24, 2.45) is 0 Å². The number of halogens is 4. The number of fused-ring (bicyclic) bond motifs is 1. The summed E-state index contributed by atoms with van der Waals surface area (Å²) in [5, 5.41) is 0. The van der Waals surface area contributed by atoms with Gasteiger partial charge in [-0.25, -0.2) is 0 Å². The smallest absolute Gasteiger partial charge is 0.304 e. The Bertz CT molecular complexity index is 725. The van der Waals surface area contributed by atoms with E-state index in [0.717, 1.165) is 23.3 Å². The molecule has 0 N–H and O–H groups in total. The minimum atomic E-state index is -4.39. The molecule has 2 aromatic carbocycles. The van der Waals surface area contributed by atoms with Crippen LogP contribution in [-0.2, 0) is 18.6 Å². The average molecular weight is 326 g/mol. The maximum atomic E-state index is 12.6. The molecule has 0 bridgehead atoms. The number of amides is 1. The molecule has 0 saturated heterocycles. The van der Waals surface area contributed by atoms with Crippen LogP contribution in [0, 0.1) is 0 Å². The van der Waals surface area contributed by atoms with E-state index in [9.17, 15) is 18.0 Å². The number of hydrogen-bond donors (Lipinski definition) is 0. The molecule has 0 saturated carbocycles. The molecule has 1 heterocycles. The number of benzene rings is 2. The van der Waals surface area contributed by atoms with Gasteiger partial charge >= 0.3 is 6.18 Å². The Morgan fingerprint density at radius 1 is 1.09 bits per heavy atom. The maximum Gasteiger partial charge on any atom is 0.416 e. The highest BCUT2D eigenvalue weighted by molar-refractivity contribution is 6.17. The lowest BCUT2D eigenvalue weighted by Crippen LogP contribution is -2.23. The van der Waals surface area contributed by atoms with Crippen LogP contribution >= 0.6 is 11.6 Å². The zero-order valence-corrected chi connectivity index (χ0v) is 12.1. The summed E-state index contributed by atoms with van der Waals surface area (Å²) in [5.41, 5.74) is 1.96. The van der Waals surface area contributed by atoms with Gasteiger partial charge in [-0.2, -0.15) is 13.2 Å². The van der Waals surface area contributed by atoms with Gasteiger partial charge in [0.25, 0.3) is 5.91 Å². The van der Waals surface area contributed by atoms with Gasteiger partial charge in [-0.05, 0) is 41.5 Å². The van der Waals surface area contributed by atoms with Crippen molar-refractivity contribution in [3.8, 4) is 0 Å². The van der Waals surface area contributed by atoms with Crippen molar-refractivity contribution >= 4 is 23.2 Å². The third-order valence-corrected chi connectivity index (χ3v) is 4.00. The molecule has 0 spiro atoms. The molecule has 22 heavy (non-hydrogen) atoms. The van der Waals surface area contributed by atoms with E-state index in [4.69, 9.17) is 11.6 Å². The zero-order chi connectivity index (χ0) is 15.9. The van der Waals surface area contributed by atoms with E-state index in [1.54, 1.807) is 12.1 Å². The summed E-state index contributed by atoms with van der Waals surface area (Å²) in [6.07, 6.45) is -4.39. The molecule has 2 nitrogen and oxygen atoms in total. The van der Waals surface area contributed by atoms with Gasteiger partial charge in [-0.1, -0.05) is 12.1 Å². The van der Waals surface area contributed by atoms with Gasteiger partial charge in [-0.15, -0.1) is 11.6 Å². The average Bonchev–Trinajstić information content (AvgIpc) is 2.84. The quantitative estimate of drug-likeness (QED) is 0.739. The van der Waals surface area contributed by atoms with Crippen LogP contribution in [0.25, 0.3) is 0 Å². The Morgan fingerprint density at radius 3 is 2.36 bits per heavy atom. The first-order valence-corrected chi connectivity index (χ1v) is 7.11. The molecule has 3 rings (SSSR count). The first-order valence-electron chi connectivity index (χ1n) is 6.57. The van der Waals surface area contributed by atoms with Gasteiger partial charge in [0, 0.05) is 17.1 Å². The largest absolute Gasteiger partial charge is 0.416 e. The van der Waals surface area contributed by atoms with Crippen molar-refractivity contribution in [1.29, 1.82) is 0 Å². The lowest BCUT2D eigenvalue weighted by molar-refractivity contribution is -0.137. The number of anilines is 1. The Morgan fingerprint density at radius 2 is 1.77 bits per heavy atom. The highest BCUT2D eigenvalue weighted by Gasteiger charge is 2.32. The molecule has 1 aliphatic heterocycles. The van der Waals surface area contributed by atoms with Crippen molar-refractivity contribution < 1.29 is 18.0 Å². The fourth-order valence-electron chi connectivity index (χ4n) is 2.56. The van der Waals surface area contributed by atoms with Crippen molar-refractivity contribution in [1.82, 2.24) is 0 Å². The minimum Gasteiger partial charge on any atom is -0.304 e. The van der Waals surface area contributed by atoms with E-state index in [1.807, 2.05) is 6.07 Å². The van der Waals surface area contributed by atoms with Crippen LogP contribution in [0.4, 0.5) is 18.9 Å². The molecule has 2 aromatic rings. The summed E-state index contributed by atoms with van der Waals surface area (Å²) in [6, 6.07) is 9.89. The van der Waals surface area contributed by atoms with Gasteiger partial charge < -0.3 is 4.90 Å². The van der Waals surface area contributed by atoms with E-state index in [-0.39, 0.29) is 11.8 Å². The van der Waals surface area contributed by atoms with Crippen LogP contribution in [0.3, 0.4) is 0 Å². The highest BCUT2D eigenvalue weighted by atomic mass is 35.5. The molecule has 0 aromatic heterocycles. The Balaban J connectivity index is 1.93. The summed E-state index contributed by atoms with van der Waals surface area (Å²) in [7, 11) is 0. The number of carbonyl (C=O) groups is 1. The fourth-order valence-corrected chi connectivity index (χ4v) is 2.81. The van der Waals surface area contributed by atoms with Crippen molar-refractivity contribution in [2.75, 3.05) is 4.90 Å². The number of hydrogen-bond acceptors (Lipinski definition) is 1. The molecule has 0 atom stereocenters. The van der Waals surface area contributed by atoms with Gasteiger partial charge in [0.2, 0.25) is 0 Å². The lowest BCUT2D eigenvalue weighted by Gasteiger charge is -2.17. The topological polar surface area (TPSA) is 20.3 Å². The third-order valence-electron chi connectivity index (χ3n) is 3.72. The van der Waals surface area contributed by atoms with Crippen LogP contribution in [0.1, 0.15) is 27.0 Å². The molecule has 0 unspecified atom stereocenters. The molecular formula is C16H11ClF3NO. The molecule has 1 amide bonds.